The van der Waals surface area contributed by atoms with E-state index >= 15 is 0 Å². The molecule has 2 saturated carbocycles. The molecule has 2 bridgehead atoms. The summed E-state index contributed by atoms with van der Waals surface area (Å²) in [4.78, 5) is 54.2. The molecule has 1 heterocycles. The van der Waals surface area contributed by atoms with Gasteiger partial charge in [-0.1, -0.05) is 63.4 Å². The van der Waals surface area contributed by atoms with Gasteiger partial charge in [0.25, 0.3) is 17.7 Å². The maximum absolute atomic E-state index is 13.7. The number of hydrogen-bond acceptors (Lipinski definition) is 4. The molecule has 1 aliphatic heterocycles. The molecule has 9 heteroatoms. The van der Waals surface area contributed by atoms with E-state index in [0.29, 0.717) is 17.4 Å². The minimum Gasteiger partial charge on any atom is -0.292 e. The third-order valence-electron chi connectivity index (χ3n) is 7.74. The van der Waals surface area contributed by atoms with Crippen molar-refractivity contribution in [2.75, 3.05) is 6.54 Å². The standard InChI is InChI=1S/C26H19BrCl2N2O4/c27-14-4-1-12(2-5-14)21(32)11-30(24(33)13-3-8-19(28)20(29)9-13)31-25(34)22-15-6-7-16(18-10-17(15)18)23(22)26(31)35/h1-9,15-18,22-23H,10-11H2/t15-,16-,17-,18+,22+,23+/m1/s1. The molecule has 0 N–H and O–H groups in total. The summed E-state index contributed by atoms with van der Waals surface area (Å²) in [6.07, 6.45) is 5.16. The number of imide groups is 1. The van der Waals surface area contributed by atoms with Crippen LogP contribution in [0, 0.1) is 35.5 Å². The lowest BCUT2D eigenvalue weighted by molar-refractivity contribution is -0.154. The predicted octanol–water partition coefficient (Wildman–Crippen LogP) is 5.05. The van der Waals surface area contributed by atoms with Crippen LogP contribution in [0.5, 0.6) is 0 Å². The number of benzene rings is 2. The normalized spacial score (nSPS) is 29.7. The van der Waals surface area contributed by atoms with Crippen molar-refractivity contribution in [3.8, 4) is 0 Å². The van der Waals surface area contributed by atoms with Crippen molar-refractivity contribution in [2.45, 2.75) is 6.42 Å². The van der Waals surface area contributed by atoms with Gasteiger partial charge < -0.3 is 0 Å². The fourth-order valence-electron chi connectivity index (χ4n) is 6.05. The lowest BCUT2D eigenvalue weighted by atomic mass is 9.63. The fourth-order valence-corrected chi connectivity index (χ4v) is 6.62. The number of ketones is 1. The molecule has 3 amide bonds. The van der Waals surface area contributed by atoms with E-state index in [2.05, 4.69) is 28.1 Å². The number of allylic oxidation sites excluding steroid dienone is 2. The first-order valence-corrected chi connectivity index (χ1v) is 12.9. The summed E-state index contributed by atoms with van der Waals surface area (Å²) in [5.41, 5.74) is 0.488. The molecule has 0 spiro atoms. The van der Waals surface area contributed by atoms with Gasteiger partial charge >= 0.3 is 0 Å². The van der Waals surface area contributed by atoms with Crippen molar-refractivity contribution < 1.29 is 19.2 Å². The molecule has 3 fully saturated rings. The molecule has 0 aromatic heterocycles. The smallest absolute Gasteiger partial charge is 0.273 e. The van der Waals surface area contributed by atoms with Gasteiger partial charge in [0.1, 0.15) is 6.54 Å². The van der Waals surface area contributed by atoms with Crippen molar-refractivity contribution in [2.24, 2.45) is 35.5 Å². The number of Topliss-reactive ketones (excluding diaryl/α,β-unsaturated/α-hetero) is 1. The van der Waals surface area contributed by atoms with E-state index in [1.54, 1.807) is 24.3 Å². The molecule has 0 unspecified atom stereocenters. The van der Waals surface area contributed by atoms with Crippen LogP contribution in [0.15, 0.2) is 59.1 Å². The number of nitrogens with zero attached hydrogens (tertiary/aromatic N) is 2. The molecule has 6 atom stereocenters. The highest BCUT2D eigenvalue weighted by Gasteiger charge is 2.68. The Balaban J connectivity index is 1.37. The topological polar surface area (TPSA) is 74.8 Å². The van der Waals surface area contributed by atoms with Crippen LogP contribution < -0.4 is 0 Å². The van der Waals surface area contributed by atoms with E-state index in [1.807, 2.05) is 0 Å². The molecule has 178 valence electrons. The second-order valence-electron chi connectivity index (χ2n) is 9.56. The van der Waals surface area contributed by atoms with Gasteiger partial charge in [-0.15, -0.1) is 0 Å². The second kappa shape index (κ2) is 8.29. The monoisotopic (exact) mass is 572 g/mol. The summed E-state index contributed by atoms with van der Waals surface area (Å²) in [5.74, 6) is -2.03. The van der Waals surface area contributed by atoms with E-state index in [9.17, 15) is 19.2 Å². The molecule has 7 rings (SSSR count). The summed E-state index contributed by atoms with van der Waals surface area (Å²) >= 11 is 15.5. The van der Waals surface area contributed by atoms with Crippen LogP contribution in [0.25, 0.3) is 0 Å². The zero-order valence-corrected chi connectivity index (χ0v) is 21.3. The third kappa shape index (κ3) is 3.59. The largest absolute Gasteiger partial charge is 0.292 e. The lowest BCUT2D eigenvalue weighted by Crippen LogP contribution is -2.52. The van der Waals surface area contributed by atoms with E-state index < -0.39 is 41.9 Å². The average Bonchev–Trinajstić information content (AvgIpc) is 3.63. The highest BCUT2D eigenvalue weighted by Crippen LogP contribution is 2.65. The Labute approximate surface area is 219 Å². The molecule has 6 nitrogen and oxygen atoms in total. The van der Waals surface area contributed by atoms with Crippen LogP contribution in [0.1, 0.15) is 27.1 Å². The van der Waals surface area contributed by atoms with Crippen molar-refractivity contribution in [3.63, 3.8) is 0 Å². The van der Waals surface area contributed by atoms with Crippen LogP contribution in [0.2, 0.25) is 10.0 Å². The SMILES string of the molecule is O=C(CN(C(=O)c1ccc(Cl)c(Cl)c1)N1C(=O)[C@H]2[C@@H]3C=C[C@H]([C@@H]4C[C@H]34)[C@@H]2C1=O)c1ccc(Br)cc1. The first-order valence-electron chi connectivity index (χ1n) is 11.4. The van der Waals surface area contributed by atoms with Crippen LogP contribution in [-0.2, 0) is 9.59 Å². The second-order valence-corrected chi connectivity index (χ2v) is 11.3. The highest BCUT2D eigenvalue weighted by atomic mass is 79.9. The van der Waals surface area contributed by atoms with E-state index in [4.69, 9.17) is 23.2 Å². The number of hydrogen-bond donors (Lipinski definition) is 0. The number of hydrazine groups is 1. The molecule has 4 aliphatic carbocycles. The van der Waals surface area contributed by atoms with Crippen molar-refractivity contribution in [3.05, 3.63) is 80.3 Å². The lowest BCUT2D eigenvalue weighted by Gasteiger charge is -2.37. The Bertz CT molecular complexity index is 1290. The highest BCUT2D eigenvalue weighted by molar-refractivity contribution is 9.10. The first kappa shape index (κ1) is 23.0. The number of carbonyl (C=O) groups excluding carboxylic acids is 4. The molecule has 2 aromatic carbocycles. The Morgan fingerprint density at radius 1 is 0.886 bits per heavy atom. The fraction of sp³-hybridized carbons (Fsp3) is 0.308. The Morgan fingerprint density at radius 2 is 1.46 bits per heavy atom. The minimum atomic E-state index is -0.667. The van der Waals surface area contributed by atoms with Gasteiger partial charge in [-0.25, -0.2) is 5.01 Å². The summed E-state index contributed by atoms with van der Waals surface area (Å²) in [6.45, 7) is -0.465. The third-order valence-corrected chi connectivity index (χ3v) is 9.01. The van der Waals surface area contributed by atoms with Crippen molar-refractivity contribution >= 4 is 62.6 Å². The quantitative estimate of drug-likeness (QED) is 0.285. The first-order chi connectivity index (χ1) is 16.8. The Hall–Kier alpha value is -2.48. The molecule has 1 saturated heterocycles. The predicted molar refractivity (Wildman–Crippen MR) is 133 cm³/mol. The van der Waals surface area contributed by atoms with Gasteiger partial charge in [0.05, 0.1) is 21.9 Å². The molecule has 35 heavy (non-hydrogen) atoms. The summed E-state index contributed by atoms with van der Waals surface area (Å²) < 4.78 is 0.799. The zero-order chi connectivity index (χ0) is 24.6. The summed E-state index contributed by atoms with van der Waals surface area (Å²) in [5, 5.41) is 2.33. The number of rotatable bonds is 5. The summed E-state index contributed by atoms with van der Waals surface area (Å²) in [7, 11) is 0. The van der Waals surface area contributed by atoms with Crippen LogP contribution in [0.3, 0.4) is 0 Å². The molecule has 2 aromatic rings. The van der Waals surface area contributed by atoms with E-state index in [0.717, 1.165) is 20.9 Å². The maximum atomic E-state index is 13.7. The van der Waals surface area contributed by atoms with Crippen LogP contribution >= 0.6 is 39.1 Å². The molecular weight excluding hydrogens is 555 g/mol. The van der Waals surface area contributed by atoms with Gasteiger partial charge in [-0.2, -0.15) is 5.01 Å². The Kier molecular flexibility index (Phi) is 5.43. The number of amides is 3. The average molecular weight is 574 g/mol. The van der Waals surface area contributed by atoms with Gasteiger partial charge in [0.15, 0.2) is 5.78 Å². The van der Waals surface area contributed by atoms with Crippen LogP contribution in [0.4, 0.5) is 0 Å². The molecule has 5 aliphatic rings. The molecule has 0 radical (unpaired) electrons. The van der Waals surface area contributed by atoms with E-state index in [-0.39, 0.29) is 27.4 Å². The number of halogens is 3. The zero-order valence-electron chi connectivity index (χ0n) is 18.2. The Morgan fingerprint density at radius 3 is 2.03 bits per heavy atom. The van der Waals surface area contributed by atoms with Gasteiger partial charge in [0.2, 0.25) is 0 Å². The minimum absolute atomic E-state index is 0.000512. The van der Waals surface area contributed by atoms with E-state index in [1.165, 1.54) is 18.2 Å². The maximum Gasteiger partial charge on any atom is 0.273 e. The van der Waals surface area contributed by atoms with Crippen molar-refractivity contribution in [1.82, 2.24) is 10.0 Å². The summed E-state index contributed by atoms with van der Waals surface area (Å²) in [6, 6.07) is 11.0. The van der Waals surface area contributed by atoms with Gasteiger partial charge in [-0.05, 0) is 60.4 Å². The van der Waals surface area contributed by atoms with Gasteiger partial charge in [0, 0.05) is 15.6 Å². The van der Waals surface area contributed by atoms with Crippen LogP contribution in [-0.4, -0.2) is 40.1 Å². The van der Waals surface area contributed by atoms with Gasteiger partial charge in [-0.3, -0.25) is 19.2 Å². The molecular formula is C26H19BrCl2N2O4. The van der Waals surface area contributed by atoms with Crippen molar-refractivity contribution in [1.29, 1.82) is 0 Å². The number of carbonyl (C=O) groups is 4.